The number of carbonyl (C=O) groups excluding carboxylic acids is 1. The number of ether oxygens (including phenoxy) is 1. The van der Waals surface area contributed by atoms with E-state index in [4.69, 9.17) is 15.7 Å². The van der Waals surface area contributed by atoms with Crippen molar-refractivity contribution in [1.29, 1.82) is 5.26 Å². The van der Waals surface area contributed by atoms with Gasteiger partial charge in [0.25, 0.3) is 0 Å². The lowest BCUT2D eigenvalue weighted by atomic mass is 10.1. The van der Waals surface area contributed by atoms with Crippen molar-refractivity contribution in [1.82, 2.24) is 5.32 Å². The molecule has 0 aliphatic rings. The van der Waals surface area contributed by atoms with E-state index in [9.17, 15) is 4.79 Å². The number of anilines is 1. The summed E-state index contributed by atoms with van der Waals surface area (Å²) < 4.78 is 5.11. The Hall–Kier alpha value is -3.26. The highest BCUT2D eigenvalue weighted by Gasteiger charge is 2.01. The molecule has 2 rings (SSSR count). The number of amides is 1. The molecule has 0 bridgehead atoms. The van der Waals surface area contributed by atoms with Gasteiger partial charge in [0.15, 0.2) is 0 Å². The average Bonchev–Trinajstić information content (AvgIpc) is 2.61. The van der Waals surface area contributed by atoms with Gasteiger partial charge >= 0.3 is 6.09 Å². The summed E-state index contributed by atoms with van der Waals surface area (Å²) in [6.07, 6.45) is 3.88. The molecule has 122 valence electrons. The van der Waals surface area contributed by atoms with Gasteiger partial charge in [-0.25, -0.2) is 4.79 Å². The lowest BCUT2D eigenvalue weighted by molar-refractivity contribution is 0.140. The van der Waals surface area contributed by atoms with Gasteiger partial charge in [0.1, 0.15) is 6.61 Å². The van der Waals surface area contributed by atoms with Crippen LogP contribution < -0.4 is 11.1 Å². The van der Waals surface area contributed by atoms with Gasteiger partial charge in [0.05, 0.1) is 11.6 Å². The number of carbonyl (C=O) groups is 1. The van der Waals surface area contributed by atoms with Gasteiger partial charge in [-0.2, -0.15) is 5.26 Å². The second kappa shape index (κ2) is 9.01. The fourth-order valence-corrected chi connectivity index (χ4v) is 2.06. The summed E-state index contributed by atoms with van der Waals surface area (Å²) in [5, 5.41) is 11.7. The summed E-state index contributed by atoms with van der Waals surface area (Å²) in [5.41, 5.74) is 8.60. The Balaban J connectivity index is 1.72. The molecular weight excluding hydrogens is 302 g/mol. The average molecular weight is 321 g/mol. The maximum atomic E-state index is 11.6. The van der Waals surface area contributed by atoms with E-state index < -0.39 is 6.09 Å². The molecule has 3 N–H and O–H groups in total. The Morgan fingerprint density at radius 1 is 1.25 bits per heavy atom. The molecule has 0 unspecified atom stereocenters. The zero-order valence-corrected chi connectivity index (χ0v) is 13.2. The summed E-state index contributed by atoms with van der Waals surface area (Å²) in [4.78, 5) is 11.6. The van der Waals surface area contributed by atoms with Crippen LogP contribution >= 0.6 is 0 Å². The predicted octanol–water partition coefficient (Wildman–Crippen LogP) is 3.47. The second-order valence-corrected chi connectivity index (χ2v) is 5.14. The summed E-state index contributed by atoms with van der Waals surface area (Å²) in [6, 6.07) is 16.7. The van der Waals surface area contributed by atoms with Crippen LogP contribution in [0.4, 0.5) is 10.5 Å². The van der Waals surface area contributed by atoms with Crippen LogP contribution in [0, 0.1) is 11.3 Å². The fraction of sp³-hybridized carbons (Fsp3) is 0.158. The molecule has 0 fully saturated rings. The molecule has 0 aliphatic heterocycles. The lowest BCUT2D eigenvalue weighted by Gasteiger charge is -2.06. The molecule has 0 radical (unpaired) electrons. The van der Waals surface area contributed by atoms with E-state index in [0.29, 0.717) is 24.2 Å². The van der Waals surface area contributed by atoms with Crippen LogP contribution in [0.2, 0.25) is 0 Å². The SMILES string of the molecule is N#Cc1ccc(N)cc1C=CCCNC(=O)OCc1ccccc1. The second-order valence-electron chi connectivity index (χ2n) is 5.14. The van der Waals surface area contributed by atoms with Crippen molar-refractivity contribution >= 4 is 17.9 Å². The number of nitriles is 1. The van der Waals surface area contributed by atoms with Gasteiger partial charge in [0, 0.05) is 12.2 Å². The fourth-order valence-electron chi connectivity index (χ4n) is 2.06. The highest BCUT2D eigenvalue weighted by atomic mass is 16.5. The minimum absolute atomic E-state index is 0.247. The number of nitrogen functional groups attached to an aromatic ring is 1. The number of nitrogens with one attached hydrogen (secondary N) is 1. The molecule has 0 saturated carbocycles. The smallest absolute Gasteiger partial charge is 0.407 e. The summed E-state index contributed by atoms with van der Waals surface area (Å²) in [6.45, 7) is 0.700. The van der Waals surface area contributed by atoms with Crippen LogP contribution in [-0.4, -0.2) is 12.6 Å². The Morgan fingerprint density at radius 2 is 2.04 bits per heavy atom. The van der Waals surface area contributed by atoms with E-state index in [0.717, 1.165) is 11.1 Å². The summed E-state index contributed by atoms with van der Waals surface area (Å²) in [7, 11) is 0. The van der Waals surface area contributed by atoms with Crippen molar-refractivity contribution in [2.75, 3.05) is 12.3 Å². The van der Waals surface area contributed by atoms with E-state index >= 15 is 0 Å². The first kappa shape index (κ1) is 17.1. The van der Waals surface area contributed by atoms with Gasteiger partial charge in [-0.05, 0) is 35.7 Å². The van der Waals surface area contributed by atoms with Crippen molar-refractivity contribution in [3.8, 4) is 6.07 Å². The predicted molar refractivity (Wildman–Crippen MR) is 93.9 cm³/mol. The third kappa shape index (κ3) is 5.50. The molecule has 1 amide bonds. The normalized spacial score (nSPS) is 10.3. The quantitative estimate of drug-likeness (QED) is 0.630. The molecule has 0 aliphatic carbocycles. The minimum Gasteiger partial charge on any atom is -0.445 e. The first-order valence-electron chi connectivity index (χ1n) is 7.60. The van der Waals surface area contributed by atoms with Gasteiger partial charge < -0.3 is 15.8 Å². The monoisotopic (exact) mass is 321 g/mol. The largest absolute Gasteiger partial charge is 0.445 e. The van der Waals surface area contributed by atoms with Gasteiger partial charge in [-0.1, -0.05) is 42.5 Å². The van der Waals surface area contributed by atoms with Crippen LogP contribution in [0.3, 0.4) is 0 Å². The Bertz CT molecular complexity index is 749. The van der Waals surface area contributed by atoms with Crippen LogP contribution in [0.25, 0.3) is 6.08 Å². The number of alkyl carbamates (subject to hydrolysis) is 1. The third-order valence-corrected chi connectivity index (χ3v) is 3.29. The van der Waals surface area contributed by atoms with E-state index in [1.165, 1.54) is 0 Å². The van der Waals surface area contributed by atoms with Crippen molar-refractivity contribution in [3.63, 3.8) is 0 Å². The van der Waals surface area contributed by atoms with E-state index in [-0.39, 0.29) is 6.61 Å². The molecule has 5 heteroatoms. The maximum absolute atomic E-state index is 11.6. The van der Waals surface area contributed by atoms with Crippen molar-refractivity contribution in [2.24, 2.45) is 0 Å². The van der Waals surface area contributed by atoms with Crippen molar-refractivity contribution < 1.29 is 9.53 Å². The first-order valence-corrected chi connectivity index (χ1v) is 7.60. The number of rotatable bonds is 6. The molecule has 0 saturated heterocycles. The Labute approximate surface area is 141 Å². The Morgan fingerprint density at radius 3 is 2.79 bits per heavy atom. The third-order valence-electron chi connectivity index (χ3n) is 3.29. The molecule has 2 aromatic rings. The lowest BCUT2D eigenvalue weighted by Crippen LogP contribution is -2.24. The summed E-state index contributed by atoms with van der Waals surface area (Å²) in [5.74, 6) is 0. The summed E-state index contributed by atoms with van der Waals surface area (Å²) >= 11 is 0. The standard InChI is InChI=1S/C19H19N3O2/c20-13-17-9-10-18(21)12-16(17)8-4-5-11-22-19(23)24-14-15-6-2-1-3-7-15/h1-4,6-10,12H,5,11,14,21H2,(H,22,23). The van der Waals surface area contributed by atoms with Crippen LogP contribution in [-0.2, 0) is 11.3 Å². The molecule has 24 heavy (non-hydrogen) atoms. The molecule has 0 spiro atoms. The molecule has 0 aromatic heterocycles. The van der Waals surface area contributed by atoms with Gasteiger partial charge in [-0.3, -0.25) is 0 Å². The molecule has 0 heterocycles. The highest BCUT2D eigenvalue weighted by Crippen LogP contribution is 2.14. The molecule has 0 atom stereocenters. The van der Waals surface area contributed by atoms with Crippen molar-refractivity contribution in [2.45, 2.75) is 13.0 Å². The zero-order chi connectivity index (χ0) is 17.2. The van der Waals surface area contributed by atoms with E-state index in [2.05, 4.69) is 11.4 Å². The van der Waals surface area contributed by atoms with Crippen LogP contribution in [0.1, 0.15) is 23.1 Å². The number of nitrogens with zero attached hydrogens (tertiary/aromatic N) is 1. The maximum Gasteiger partial charge on any atom is 0.407 e. The topological polar surface area (TPSA) is 88.1 Å². The van der Waals surface area contributed by atoms with Crippen LogP contribution in [0.5, 0.6) is 0 Å². The van der Waals surface area contributed by atoms with Gasteiger partial charge in [0.2, 0.25) is 0 Å². The van der Waals surface area contributed by atoms with E-state index in [1.807, 2.05) is 42.5 Å². The van der Waals surface area contributed by atoms with Crippen molar-refractivity contribution in [3.05, 3.63) is 71.3 Å². The van der Waals surface area contributed by atoms with Gasteiger partial charge in [-0.15, -0.1) is 0 Å². The van der Waals surface area contributed by atoms with E-state index in [1.54, 1.807) is 18.2 Å². The zero-order valence-electron chi connectivity index (χ0n) is 13.2. The molecule has 5 nitrogen and oxygen atoms in total. The highest BCUT2D eigenvalue weighted by molar-refractivity contribution is 5.67. The Kier molecular flexibility index (Phi) is 6.42. The molecule has 2 aromatic carbocycles. The van der Waals surface area contributed by atoms with Crippen LogP contribution in [0.15, 0.2) is 54.6 Å². The minimum atomic E-state index is -0.450. The number of nitrogens with two attached hydrogens (primary N) is 1. The number of benzene rings is 2. The molecular formula is C19H19N3O2. The number of hydrogen-bond donors (Lipinski definition) is 2. The first-order chi connectivity index (χ1) is 11.7. The number of hydrogen-bond acceptors (Lipinski definition) is 4.